The number of halogens is 1. The van der Waals surface area contributed by atoms with Crippen LogP contribution in [-0.4, -0.2) is 28.2 Å². The van der Waals surface area contributed by atoms with E-state index in [9.17, 15) is 9.00 Å². The topological polar surface area (TPSA) is 59.3 Å². The second-order valence-corrected chi connectivity index (χ2v) is 5.07. The number of furan rings is 1. The minimum absolute atomic E-state index is 0.160. The largest absolute Gasteiger partial charge is 0.440 e. The first-order chi connectivity index (χ1) is 6.99. The maximum absolute atomic E-state index is 11.5. The highest BCUT2D eigenvalue weighted by atomic mass is 35.5. The fraction of sp³-hybridized carbons (Fsp3) is 0.444. The van der Waals surface area contributed by atoms with Crippen LogP contribution >= 0.6 is 11.6 Å². The Kier molecular flexibility index (Phi) is 4.35. The van der Waals surface area contributed by atoms with E-state index in [-0.39, 0.29) is 22.9 Å². The van der Waals surface area contributed by atoms with Gasteiger partial charge in [0.1, 0.15) is 0 Å². The molecule has 2 atom stereocenters. The summed E-state index contributed by atoms with van der Waals surface area (Å²) in [5, 5.41) is 2.83. The molecule has 0 aliphatic rings. The van der Waals surface area contributed by atoms with Crippen molar-refractivity contribution in [3.05, 3.63) is 23.1 Å². The first kappa shape index (κ1) is 12.3. The van der Waals surface area contributed by atoms with E-state index in [1.807, 2.05) is 0 Å². The van der Waals surface area contributed by atoms with Crippen molar-refractivity contribution in [3.63, 3.8) is 0 Å². The highest BCUT2D eigenvalue weighted by Gasteiger charge is 2.13. The summed E-state index contributed by atoms with van der Waals surface area (Å²) in [6.45, 7) is 1.78. The molecule has 0 bridgehead atoms. The monoisotopic (exact) mass is 249 g/mol. The molecule has 2 unspecified atom stereocenters. The van der Waals surface area contributed by atoms with E-state index in [0.29, 0.717) is 5.75 Å². The highest BCUT2D eigenvalue weighted by Crippen LogP contribution is 2.12. The van der Waals surface area contributed by atoms with Gasteiger partial charge >= 0.3 is 0 Å². The fourth-order valence-electron chi connectivity index (χ4n) is 1.12. The minimum atomic E-state index is -0.935. The summed E-state index contributed by atoms with van der Waals surface area (Å²) >= 11 is 5.53. The molecule has 15 heavy (non-hydrogen) atoms. The molecule has 4 nitrogen and oxygen atoms in total. The van der Waals surface area contributed by atoms with Crippen molar-refractivity contribution < 1.29 is 13.4 Å². The second-order valence-electron chi connectivity index (χ2n) is 3.22. The van der Waals surface area contributed by atoms with E-state index in [1.54, 1.807) is 13.2 Å². The second kappa shape index (κ2) is 5.32. The normalized spacial score (nSPS) is 14.6. The molecule has 1 N–H and O–H groups in total. The molecule has 0 aliphatic heterocycles. The molecule has 1 aromatic heterocycles. The van der Waals surface area contributed by atoms with Crippen molar-refractivity contribution in [2.45, 2.75) is 13.0 Å². The zero-order valence-corrected chi connectivity index (χ0v) is 10.0. The first-order valence-corrected chi connectivity index (χ1v) is 6.46. The van der Waals surface area contributed by atoms with Gasteiger partial charge < -0.3 is 9.73 Å². The summed E-state index contributed by atoms with van der Waals surface area (Å²) in [4.78, 5) is 11.5. The van der Waals surface area contributed by atoms with Crippen molar-refractivity contribution in [2.24, 2.45) is 0 Å². The Balaban J connectivity index is 2.52. The van der Waals surface area contributed by atoms with Gasteiger partial charge in [-0.1, -0.05) is 0 Å². The SMILES string of the molecule is CC(CS(C)=O)NC(=O)c1ccc(Cl)o1. The smallest absolute Gasteiger partial charge is 0.287 e. The van der Waals surface area contributed by atoms with Crippen LogP contribution in [0.2, 0.25) is 5.22 Å². The number of carbonyl (C=O) groups is 1. The van der Waals surface area contributed by atoms with Gasteiger partial charge in [0.2, 0.25) is 0 Å². The summed E-state index contributed by atoms with van der Waals surface area (Å²) in [6, 6.07) is 2.83. The zero-order chi connectivity index (χ0) is 11.4. The maximum Gasteiger partial charge on any atom is 0.287 e. The van der Waals surface area contributed by atoms with Gasteiger partial charge in [-0.2, -0.15) is 0 Å². The Labute approximate surface area is 95.4 Å². The number of amides is 1. The molecule has 1 amide bonds. The summed E-state index contributed by atoms with van der Waals surface area (Å²) in [6.07, 6.45) is 1.59. The van der Waals surface area contributed by atoms with Crippen molar-refractivity contribution in [1.29, 1.82) is 0 Å². The van der Waals surface area contributed by atoms with Gasteiger partial charge in [-0.25, -0.2) is 0 Å². The lowest BCUT2D eigenvalue weighted by molar-refractivity contribution is 0.0916. The van der Waals surface area contributed by atoms with Crippen LogP contribution in [0, 0.1) is 0 Å². The van der Waals surface area contributed by atoms with E-state index in [1.165, 1.54) is 12.1 Å². The number of nitrogens with one attached hydrogen (secondary N) is 1. The van der Waals surface area contributed by atoms with E-state index in [4.69, 9.17) is 16.0 Å². The van der Waals surface area contributed by atoms with Crippen LogP contribution in [0.5, 0.6) is 0 Å². The molecule has 0 fully saturated rings. The van der Waals surface area contributed by atoms with E-state index in [2.05, 4.69) is 5.32 Å². The molecule has 84 valence electrons. The van der Waals surface area contributed by atoms with Gasteiger partial charge in [0.05, 0.1) is 0 Å². The quantitative estimate of drug-likeness (QED) is 0.878. The molecule has 0 saturated heterocycles. The van der Waals surface area contributed by atoms with Crippen molar-refractivity contribution >= 4 is 28.3 Å². The number of carbonyl (C=O) groups excluding carboxylic acids is 1. The summed E-state index contributed by atoms with van der Waals surface area (Å²) in [5.74, 6) is 0.230. The molecule has 0 aliphatic carbocycles. The molecule has 6 heteroatoms. The Hall–Kier alpha value is -0.810. The molecule has 1 rings (SSSR count). The van der Waals surface area contributed by atoms with Crippen molar-refractivity contribution in [2.75, 3.05) is 12.0 Å². The third kappa shape index (κ3) is 4.05. The Morgan fingerprint density at radius 3 is 2.80 bits per heavy atom. The predicted octanol–water partition coefficient (Wildman–Crippen LogP) is 1.43. The molecule has 1 aromatic rings. The van der Waals surface area contributed by atoms with Gasteiger partial charge in [-0.15, -0.1) is 0 Å². The highest BCUT2D eigenvalue weighted by molar-refractivity contribution is 7.84. The summed E-state index contributed by atoms with van der Waals surface area (Å²) in [7, 11) is -0.935. The van der Waals surface area contributed by atoms with Gasteiger partial charge in [0.15, 0.2) is 11.0 Å². The number of hydrogen-bond donors (Lipinski definition) is 1. The maximum atomic E-state index is 11.5. The van der Waals surface area contributed by atoms with Gasteiger partial charge in [0.25, 0.3) is 5.91 Å². The third-order valence-corrected chi connectivity index (χ3v) is 2.83. The molecular weight excluding hydrogens is 238 g/mol. The summed E-state index contributed by atoms with van der Waals surface area (Å²) in [5.41, 5.74) is 0. The number of hydrogen-bond acceptors (Lipinski definition) is 3. The van der Waals surface area contributed by atoms with Gasteiger partial charge in [-0.05, 0) is 30.7 Å². The predicted molar refractivity (Wildman–Crippen MR) is 59.6 cm³/mol. The fourth-order valence-corrected chi connectivity index (χ4v) is 2.06. The molecule has 0 saturated carbocycles. The minimum Gasteiger partial charge on any atom is -0.440 e. The Morgan fingerprint density at radius 1 is 1.67 bits per heavy atom. The zero-order valence-electron chi connectivity index (χ0n) is 8.45. The lowest BCUT2D eigenvalue weighted by Crippen LogP contribution is -2.35. The van der Waals surface area contributed by atoms with Crippen LogP contribution in [0.3, 0.4) is 0 Å². The van der Waals surface area contributed by atoms with Crippen LogP contribution in [0.15, 0.2) is 16.5 Å². The van der Waals surface area contributed by atoms with Crippen molar-refractivity contribution in [1.82, 2.24) is 5.32 Å². The van der Waals surface area contributed by atoms with Crippen LogP contribution in [0.25, 0.3) is 0 Å². The van der Waals surface area contributed by atoms with Crippen molar-refractivity contribution in [3.8, 4) is 0 Å². The van der Waals surface area contributed by atoms with E-state index >= 15 is 0 Å². The molecular formula is C9H12ClNO3S. The average molecular weight is 250 g/mol. The third-order valence-electron chi connectivity index (χ3n) is 1.66. The van der Waals surface area contributed by atoms with Gasteiger partial charge in [0, 0.05) is 28.9 Å². The lowest BCUT2D eigenvalue weighted by atomic mass is 10.3. The molecule has 0 radical (unpaired) electrons. The number of rotatable bonds is 4. The molecule has 0 aromatic carbocycles. The molecule has 0 spiro atoms. The van der Waals surface area contributed by atoms with Crippen LogP contribution in [0.1, 0.15) is 17.5 Å². The van der Waals surface area contributed by atoms with Crippen LogP contribution in [0.4, 0.5) is 0 Å². The Bertz CT molecular complexity index is 377. The van der Waals surface area contributed by atoms with Crippen LogP contribution in [-0.2, 0) is 10.8 Å². The van der Waals surface area contributed by atoms with E-state index in [0.717, 1.165) is 0 Å². The van der Waals surface area contributed by atoms with E-state index < -0.39 is 10.8 Å². The standard InChI is InChI=1S/C9H12ClNO3S/c1-6(5-15(2)13)11-9(12)7-3-4-8(10)14-7/h3-4,6H,5H2,1-2H3,(H,11,12). The average Bonchev–Trinajstić information content (AvgIpc) is 2.49. The Morgan fingerprint density at radius 2 is 2.33 bits per heavy atom. The van der Waals surface area contributed by atoms with Gasteiger partial charge in [-0.3, -0.25) is 9.00 Å². The van der Waals surface area contributed by atoms with Crippen LogP contribution < -0.4 is 5.32 Å². The summed E-state index contributed by atoms with van der Waals surface area (Å²) < 4.78 is 15.8. The molecule has 1 heterocycles. The first-order valence-electron chi connectivity index (χ1n) is 4.35. The lowest BCUT2D eigenvalue weighted by Gasteiger charge is -2.10.